The van der Waals surface area contributed by atoms with Crippen molar-refractivity contribution in [2.45, 2.75) is 25.8 Å². The Hall–Kier alpha value is -3.39. The van der Waals surface area contributed by atoms with Gasteiger partial charge in [-0.1, -0.05) is 12.0 Å². The summed E-state index contributed by atoms with van der Waals surface area (Å²) in [6, 6.07) is 11.2. The Balaban J connectivity index is 1.94. The molecule has 0 bridgehead atoms. The summed E-state index contributed by atoms with van der Waals surface area (Å²) in [4.78, 5) is 29.7. The number of nitrogens with zero attached hydrogens (tertiary/aromatic N) is 2. The molecule has 0 radical (unpaired) electrons. The molecule has 4 rings (SSSR count). The van der Waals surface area contributed by atoms with Crippen LogP contribution in [0.3, 0.4) is 0 Å². The van der Waals surface area contributed by atoms with E-state index in [4.69, 9.17) is 0 Å². The van der Waals surface area contributed by atoms with Gasteiger partial charge in [0, 0.05) is 29.7 Å². The lowest BCUT2D eigenvalue weighted by Gasteiger charge is -2.13. The van der Waals surface area contributed by atoms with Crippen LogP contribution in [0, 0.1) is 11.8 Å². The molecular formula is C21H17N3O2. The molecule has 1 aliphatic carbocycles. The highest BCUT2D eigenvalue weighted by molar-refractivity contribution is 5.97. The van der Waals surface area contributed by atoms with Gasteiger partial charge in [0.05, 0.1) is 5.39 Å². The van der Waals surface area contributed by atoms with E-state index in [0.29, 0.717) is 11.0 Å². The fraction of sp³-hybridized carbons (Fsp3) is 0.190. The van der Waals surface area contributed by atoms with E-state index >= 15 is 0 Å². The molecule has 1 aromatic carbocycles. The molecule has 5 nitrogen and oxygen atoms in total. The minimum absolute atomic E-state index is 0.129. The molecule has 2 heterocycles. The Morgan fingerprint density at radius 3 is 2.88 bits per heavy atom. The molecule has 26 heavy (non-hydrogen) atoms. The predicted octanol–water partition coefficient (Wildman–Crippen LogP) is 2.65. The minimum Gasteiger partial charge on any atom is -0.349 e. The quantitative estimate of drug-likeness (QED) is 0.744. The number of benzene rings is 1. The molecule has 0 unspecified atom stereocenters. The number of rotatable bonds is 3. The maximum absolute atomic E-state index is 12.8. The summed E-state index contributed by atoms with van der Waals surface area (Å²) in [5.74, 6) is 5.57. The first-order valence-corrected chi connectivity index (χ1v) is 8.52. The van der Waals surface area contributed by atoms with Crippen LogP contribution in [-0.2, 0) is 0 Å². The summed E-state index contributed by atoms with van der Waals surface area (Å²) in [6.45, 7) is 1.78. The molecular weight excluding hydrogens is 326 g/mol. The number of hydrogen-bond acceptors (Lipinski definition) is 3. The van der Waals surface area contributed by atoms with Crippen LogP contribution in [0.1, 0.15) is 35.7 Å². The first-order valence-electron chi connectivity index (χ1n) is 8.52. The van der Waals surface area contributed by atoms with E-state index in [2.05, 4.69) is 22.1 Å². The SMILES string of the molecule is CC#Cc1cccc(-n2cc(C(=O)NC3CC3)c(=O)c3cccnc32)c1. The fourth-order valence-corrected chi connectivity index (χ4v) is 2.89. The number of amides is 1. The van der Waals surface area contributed by atoms with E-state index in [-0.39, 0.29) is 22.9 Å². The van der Waals surface area contributed by atoms with E-state index in [9.17, 15) is 9.59 Å². The van der Waals surface area contributed by atoms with Crippen molar-refractivity contribution >= 4 is 16.9 Å². The largest absolute Gasteiger partial charge is 0.349 e. The third kappa shape index (κ3) is 2.98. The Labute approximate surface area is 150 Å². The molecule has 2 aromatic heterocycles. The van der Waals surface area contributed by atoms with E-state index in [1.54, 1.807) is 36.0 Å². The third-order valence-corrected chi connectivity index (χ3v) is 4.31. The number of pyridine rings is 2. The zero-order valence-corrected chi connectivity index (χ0v) is 14.3. The Bertz CT molecular complexity index is 1130. The van der Waals surface area contributed by atoms with Crippen molar-refractivity contribution in [3.63, 3.8) is 0 Å². The summed E-state index contributed by atoms with van der Waals surface area (Å²) < 4.78 is 1.78. The second-order valence-corrected chi connectivity index (χ2v) is 6.29. The third-order valence-electron chi connectivity index (χ3n) is 4.31. The van der Waals surface area contributed by atoms with Gasteiger partial charge in [-0.25, -0.2) is 4.98 Å². The molecule has 0 saturated heterocycles. The van der Waals surface area contributed by atoms with Crippen LogP contribution in [-0.4, -0.2) is 21.5 Å². The second-order valence-electron chi connectivity index (χ2n) is 6.29. The molecule has 0 aliphatic heterocycles. The molecule has 1 saturated carbocycles. The van der Waals surface area contributed by atoms with Crippen LogP contribution in [0.15, 0.2) is 53.6 Å². The average Bonchev–Trinajstić information content (AvgIpc) is 3.47. The topological polar surface area (TPSA) is 64.0 Å². The molecule has 1 amide bonds. The highest BCUT2D eigenvalue weighted by Gasteiger charge is 2.26. The van der Waals surface area contributed by atoms with E-state index in [1.807, 2.05) is 24.3 Å². The number of fused-ring (bicyclic) bond motifs is 1. The van der Waals surface area contributed by atoms with Gasteiger partial charge in [-0.3, -0.25) is 9.59 Å². The zero-order valence-electron chi connectivity index (χ0n) is 14.3. The van der Waals surface area contributed by atoms with Crippen LogP contribution in [0.4, 0.5) is 0 Å². The maximum atomic E-state index is 12.8. The minimum atomic E-state index is -0.332. The van der Waals surface area contributed by atoms with Gasteiger partial charge in [0.2, 0.25) is 5.43 Å². The second kappa shape index (κ2) is 6.49. The normalized spacial score (nSPS) is 13.1. The van der Waals surface area contributed by atoms with E-state index in [1.165, 1.54) is 0 Å². The number of aromatic nitrogens is 2. The van der Waals surface area contributed by atoms with Crippen molar-refractivity contribution in [2.24, 2.45) is 0 Å². The van der Waals surface area contributed by atoms with Gasteiger partial charge in [-0.05, 0) is 50.1 Å². The Morgan fingerprint density at radius 1 is 1.27 bits per heavy atom. The molecule has 0 spiro atoms. The summed E-state index contributed by atoms with van der Waals surface area (Å²) in [5.41, 5.74) is 2.00. The molecule has 3 aromatic rings. The van der Waals surface area contributed by atoms with Crippen LogP contribution in [0.2, 0.25) is 0 Å². The van der Waals surface area contributed by atoms with Crippen molar-refractivity contribution < 1.29 is 4.79 Å². The summed E-state index contributed by atoms with van der Waals surface area (Å²) >= 11 is 0. The highest BCUT2D eigenvalue weighted by atomic mass is 16.2. The van der Waals surface area contributed by atoms with Crippen molar-refractivity contribution in [3.05, 3.63) is 70.1 Å². The van der Waals surface area contributed by atoms with Crippen molar-refractivity contribution in [3.8, 4) is 17.5 Å². The molecule has 1 aliphatic rings. The first-order chi connectivity index (χ1) is 12.7. The van der Waals surface area contributed by atoms with Crippen LogP contribution >= 0.6 is 0 Å². The monoisotopic (exact) mass is 343 g/mol. The molecule has 128 valence electrons. The van der Waals surface area contributed by atoms with Gasteiger partial charge in [0.25, 0.3) is 5.91 Å². The average molecular weight is 343 g/mol. The lowest BCUT2D eigenvalue weighted by atomic mass is 10.1. The first kappa shape index (κ1) is 16.1. The van der Waals surface area contributed by atoms with E-state index in [0.717, 1.165) is 24.1 Å². The van der Waals surface area contributed by atoms with Crippen molar-refractivity contribution in [1.29, 1.82) is 0 Å². The van der Waals surface area contributed by atoms with Crippen molar-refractivity contribution in [1.82, 2.24) is 14.9 Å². The van der Waals surface area contributed by atoms with E-state index < -0.39 is 0 Å². The standard InChI is InChI=1S/C21H17N3O2/c1-2-5-14-6-3-7-16(12-14)24-13-18(21(26)23-15-9-10-15)19(25)17-8-4-11-22-20(17)24/h3-4,6-8,11-13,15H,9-10H2,1H3,(H,23,26). The number of carbonyl (C=O) groups excluding carboxylic acids is 1. The summed E-state index contributed by atoms with van der Waals surface area (Å²) in [6.07, 6.45) is 5.14. The predicted molar refractivity (Wildman–Crippen MR) is 100 cm³/mol. The molecule has 1 fully saturated rings. The molecule has 1 N–H and O–H groups in total. The van der Waals surface area contributed by atoms with Gasteiger partial charge < -0.3 is 9.88 Å². The lowest BCUT2D eigenvalue weighted by Crippen LogP contribution is -2.31. The van der Waals surface area contributed by atoms with Crippen molar-refractivity contribution in [2.75, 3.05) is 0 Å². The Morgan fingerprint density at radius 2 is 2.12 bits per heavy atom. The van der Waals surface area contributed by atoms with Crippen LogP contribution < -0.4 is 10.7 Å². The van der Waals surface area contributed by atoms with Crippen LogP contribution in [0.5, 0.6) is 0 Å². The highest BCUT2D eigenvalue weighted by Crippen LogP contribution is 2.20. The van der Waals surface area contributed by atoms with Crippen LogP contribution in [0.25, 0.3) is 16.7 Å². The lowest BCUT2D eigenvalue weighted by molar-refractivity contribution is 0.0949. The number of hydrogen-bond donors (Lipinski definition) is 1. The summed E-state index contributed by atoms with van der Waals surface area (Å²) in [5, 5.41) is 3.31. The fourth-order valence-electron chi connectivity index (χ4n) is 2.89. The maximum Gasteiger partial charge on any atom is 0.257 e. The smallest absolute Gasteiger partial charge is 0.257 e. The number of carbonyl (C=O) groups is 1. The summed E-state index contributed by atoms with van der Waals surface area (Å²) in [7, 11) is 0. The zero-order chi connectivity index (χ0) is 18.1. The van der Waals surface area contributed by atoms with Gasteiger partial charge in [-0.15, -0.1) is 5.92 Å². The van der Waals surface area contributed by atoms with Gasteiger partial charge in [0.1, 0.15) is 11.2 Å². The Kier molecular flexibility index (Phi) is 4.02. The molecule has 0 atom stereocenters. The molecule has 5 heteroatoms. The van der Waals surface area contributed by atoms with Gasteiger partial charge in [0.15, 0.2) is 0 Å². The van der Waals surface area contributed by atoms with Gasteiger partial charge >= 0.3 is 0 Å². The van der Waals surface area contributed by atoms with Gasteiger partial charge in [-0.2, -0.15) is 0 Å². The number of nitrogens with one attached hydrogen (secondary N) is 1.